The van der Waals surface area contributed by atoms with Crippen LogP contribution in [0.4, 0.5) is 0 Å². The molecule has 25 heavy (non-hydrogen) atoms. The summed E-state index contributed by atoms with van der Waals surface area (Å²) in [7, 11) is 1.94. The Labute approximate surface area is 162 Å². The highest BCUT2D eigenvalue weighted by atomic mass is 32.2. The number of nitrogens with zero attached hydrogens (tertiary/aromatic N) is 3. The molecule has 134 valence electrons. The van der Waals surface area contributed by atoms with Crippen molar-refractivity contribution in [1.29, 1.82) is 0 Å². The van der Waals surface area contributed by atoms with Gasteiger partial charge in [-0.15, -0.1) is 5.10 Å². The fourth-order valence-electron chi connectivity index (χ4n) is 3.18. The number of benzene rings is 1. The molecule has 1 saturated carbocycles. The van der Waals surface area contributed by atoms with Crippen molar-refractivity contribution in [3.8, 4) is 5.69 Å². The second kappa shape index (κ2) is 8.47. The van der Waals surface area contributed by atoms with Gasteiger partial charge in [-0.05, 0) is 44.1 Å². The zero-order valence-corrected chi connectivity index (χ0v) is 17.0. The van der Waals surface area contributed by atoms with Gasteiger partial charge in [0.25, 0.3) is 0 Å². The third kappa shape index (κ3) is 4.51. The normalized spacial score (nSPS) is 16.6. The van der Waals surface area contributed by atoms with Gasteiger partial charge in [-0.3, -0.25) is 4.79 Å². The Hall–Kier alpha value is -1.18. The van der Waals surface area contributed by atoms with Gasteiger partial charge >= 0.3 is 0 Å². The Bertz CT molecular complexity index is 765. The smallest absolute Gasteiger partial charge is 0.235 e. The van der Waals surface area contributed by atoms with Crippen molar-refractivity contribution in [3.63, 3.8) is 0 Å². The van der Waals surface area contributed by atoms with Gasteiger partial charge in [0.05, 0.1) is 10.9 Å². The fourth-order valence-corrected chi connectivity index (χ4v) is 5.78. The summed E-state index contributed by atoms with van der Waals surface area (Å²) in [5, 5.41) is 4.44. The average Bonchev–Trinajstić information content (AvgIpc) is 3.02. The van der Waals surface area contributed by atoms with Gasteiger partial charge in [0.1, 0.15) is 0 Å². The lowest BCUT2D eigenvalue weighted by Crippen LogP contribution is -2.42. The van der Waals surface area contributed by atoms with Crippen molar-refractivity contribution >= 4 is 41.2 Å². The van der Waals surface area contributed by atoms with Gasteiger partial charge in [-0.1, -0.05) is 60.6 Å². The first-order valence-electron chi connectivity index (χ1n) is 8.65. The second-order valence-corrected chi connectivity index (χ2v) is 9.59. The lowest BCUT2D eigenvalue weighted by atomic mass is 9.94. The summed E-state index contributed by atoms with van der Waals surface area (Å²) < 4.78 is 3.31. The number of carbonyl (C=O) groups excluding carboxylic acids is 1. The largest absolute Gasteiger partial charge is 0.342 e. The van der Waals surface area contributed by atoms with E-state index in [4.69, 9.17) is 12.2 Å². The van der Waals surface area contributed by atoms with Crippen molar-refractivity contribution < 1.29 is 4.79 Å². The molecular weight excluding hydrogens is 370 g/mol. The lowest BCUT2D eigenvalue weighted by molar-refractivity contribution is -0.131. The minimum Gasteiger partial charge on any atom is -0.342 e. The van der Waals surface area contributed by atoms with Gasteiger partial charge in [-0.2, -0.15) is 0 Å². The number of hydrogen-bond acceptors (Lipinski definition) is 5. The summed E-state index contributed by atoms with van der Waals surface area (Å²) >= 11 is 8.40. The molecule has 1 aliphatic rings. The molecule has 1 unspecified atom stereocenters. The highest BCUT2D eigenvalue weighted by Gasteiger charge is 2.26. The summed E-state index contributed by atoms with van der Waals surface area (Å²) in [6.07, 6.45) is 6.00. The Morgan fingerprint density at radius 2 is 2.00 bits per heavy atom. The number of rotatable bonds is 5. The van der Waals surface area contributed by atoms with Crippen molar-refractivity contribution in [2.24, 2.45) is 0 Å². The first kappa shape index (κ1) is 18.6. The molecule has 1 aromatic heterocycles. The van der Waals surface area contributed by atoms with E-state index in [1.54, 1.807) is 4.68 Å². The maximum absolute atomic E-state index is 12.8. The molecular formula is C18H23N3OS3. The number of aromatic nitrogens is 2. The molecule has 1 fully saturated rings. The highest BCUT2D eigenvalue weighted by molar-refractivity contribution is 8.02. The molecule has 1 atom stereocenters. The van der Waals surface area contributed by atoms with E-state index >= 15 is 0 Å². The SMILES string of the molecule is CC(Sc1nn(-c2ccccc2)c(=S)s1)C(=O)N(C)C1CCCCC1. The molecule has 7 heteroatoms. The first-order valence-corrected chi connectivity index (χ1v) is 10.8. The Balaban J connectivity index is 1.67. The van der Waals surface area contributed by atoms with Crippen molar-refractivity contribution in [3.05, 3.63) is 34.3 Å². The maximum atomic E-state index is 12.8. The summed E-state index contributed by atoms with van der Waals surface area (Å²) in [5.74, 6) is 0.185. The Kier molecular flexibility index (Phi) is 6.30. The molecule has 2 aromatic rings. The van der Waals surface area contributed by atoms with Crippen LogP contribution in [0.3, 0.4) is 0 Å². The van der Waals surface area contributed by atoms with E-state index in [9.17, 15) is 4.79 Å². The molecule has 1 heterocycles. The fraction of sp³-hybridized carbons (Fsp3) is 0.500. The van der Waals surface area contributed by atoms with Gasteiger partial charge < -0.3 is 4.90 Å². The van der Waals surface area contributed by atoms with E-state index < -0.39 is 0 Å². The van der Waals surface area contributed by atoms with Crippen LogP contribution in [0.1, 0.15) is 39.0 Å². The van der Waals surface area contributed by atoms with Gasteiger partial charge in [0, 0.05) is 13.1 Å². The zero-order chi connectivity index (χ0) is 17.8. The van der Waals surface area contributed by atoms with Crippen LogP contribution in [0.15, 0.2) is 34.7 Å². The monoisotopic (exact) mass is 393 g/mol. The number of amides is 1. The number of hydrogen-bond donors (Lipinski definition) is 0. The van der Waals surface area contributed by atoms with Crippen LogP contribution < -0.4 is 0 Å². The van der Waals surface area contributed by atoms with Gasteiger partial charge in [0.2, 0.25) is 5.91 Å². The molecule has 1 amide bonds. The van der Waals surface area contributed by atoms with Crippen molar-refractivity contribution in [2.45, 2.75) is 54.7 Å². The van der Waals surface area contributed by atoms with Crippen LogP contribution in [0.25, 0.3) is 5.69 Å². The summed E-state index contributed by atoms with van der Waals surface area (Å²) in [5.41, 5.74) is 0.953. The van der Waals surface area contributed by atoms with Gasteiger partial charge in [-0.25, -0.2) is 4.68 Å². The standard InChI is InChI=1S/C18H23N3OS3/c1-13(16(22)20(2)14-9-5-3-6-10-14)24-17-19-21(18(23)25-17)15-11-7-4-8-12-15/h4,7-8,11-14H,3,5-6,9-10H2,1-2H3. The average molecular weight is 394 g/mol. The third-order valence-corrected chi connectivity index (χ3v) is 7.03. The highest BCUT2D eigenvalue weighted by Crippen LogP contribution is 2.30. The van der Waals surface area contributed by atoms with Crippen LogP contribution >= 0.6 is 35.3 Å². The molecule has 4 nitrogen and oxygen atoms in total. The van der Waals surface area contributed by atoms with Gasteiger partial charge in [0.15, 0.2) is 8.29 Å². The Morgan fingerprint density at radius 1 is 1.32 bits per heavy atom. The lowest BCUT2D eigenvalue weighted by Gasteiger charge is -2.32. The summed E-state index contributed by atoms with van der Waals surface area (Å²) in [4.78, 5) is 14.7. The second-order valence-electron chi connectivity index (χ2n) is 6.38. The quantitative estimate of drug-likeness (QED) is 0.533. The van der Waals surface area contributed by atoms with Crippen LogP contribution in [0.2, 0.25) is 0 Å². The molecule has 0 aliphatic heterocycles. The Morgan fingerprint density at radius 3 is 2.68 bits per heavy atom. The molecule has 0 spiro atoms. The van der Waals surface area contributed by atoms with Crippen LogP contribution in [0.5, 0.6) is 0 Å². The zero-order valence-electron chi connectivity index (χ0n) is 14.6. The van der Waals surface area contributed by atoms with E-state index in [2.05, 4.69) is 5.10 Å². The molecule has 0 radical (unpaired) electrons. The number of carbonyl (C=O) groups is 1. The molecule has 1 aromatic carbocycles. The first-order chi connectivity index (χ1) is 12.1. The summed E-state index contributed by atoms with van der Waals surface area (Å²) in [6.45, 7) is 1.96. The molecule has 3 rings (SSSR count). The number of thioether (sulfide) groups is 1. The van der Waals surface area contributed by atoms with E-state index in [1.165, 1.54) is 42.4 Å². The minimum absolute atomic E-state index is 0.156. The van der Waals surface area contributed by atoms with Crippen LogP contribution in [-0.4, -0.2) is 38.9 Å². The number of para-hydroxylation sites is 1. The van der Waals surface area contributed by atoms with E-state index in [0.29, 0.717) is 10.00 Å². The minimum atomic E-state index is -0.156. The van der Waals surface area contributed by atoms with E-state index in [0.717, 1.165) is 22.9 Å². The van der Waals surface area contributed by atoms with Crippen LogP contribution in [-0.2, 0) is 4.79 Å². The molecule has 0 N–H and O–H groups in total. The molecule has 1 aliphatic carbocycles. The third-order valence-electron chi connectivity index (χ3n) is 4.63. The predicted octanol–water partition coefficient (Wildman–Crippen LogP) is 4.93. The van der Waals surface area contributed by atoms with E-state index in [1.807, 2.05) is 49.2 Å². The topological polar surface area (TPSA) is 38.1 Å². The molecule has 0 saturated heterocycles. The van der Waals surface area contributed by atoms with Crippen molar-refractivity contribution in [1.82, 2.24) is 14.7 Å². The maximum Gasteiger partial charge on any atom is 0.235 e. The van der Waals surface area contributed by atoms with Crippen LogP contribution in [0, 0.1) is 3.95 Å². The van der Waals surface area contributed by atoms with E-state index in [-0.39, 0.29) is 11.2 Å². The van der Waals surface area contributed by atoms with Crippen molar-refractivity contribution in [2.75, 3.05) is 7.05 Å². The molecule has 0 bridgehead atoms. The predicted molar refractivity (Wildman–Crippen MR) is 107 cm³/mol. The summed E-state index contributed by atoms with van der Waals surface area (Å²) in [6, 6.07) is 10.3.